The fourth-order valence-electron chi connectivity index (χ4n) is 2.70. The Morgan fingerprint density at radius 1 is 1.32 bits per heavy atom. The molecule has 0 aliphatic carbocycles. The van der Waals surface area contributed by atoms with E-state index in [2.05, 4.69) is 15.3 Å². The number of primary amides is 1. The number of aldehydes is 1. The second-order valence-electron chi connectivity index (χ2n) is 6.28. The molecule has 0 saturated carbocycles. The second-order valence-corrected chi connectivity index (χ2v) is 6.28. The Bertz CT molecular complexity index is 1040. The minimum absolute atomic E-state index is 0.0564. The SMILES string of the molecule is C[C@H](CC=O)N(N)c1nc(Nc2ccc3ccncc3c2)c(C(N)=O)cc1F. The summed E-state index contributed by atoms with van der Waals surface area (Å²) in [7, 11) is 0. The highest BCUT2D eigenvalue weighted by atomic mass is 19.1. The van der Waals surface area contributed by atoms with Gasteiger partial charge in [-0.3, -0.25) is 14.8 Å². The third-order valence-electron chi connectivity index (χ3n) is 4.28. The minimum atomic E-state index is -0.840. The largest absolute Gasteiger partial charge is 0.365 e. The van der Waals surface area contributed by atoms with Gasteiger partial charge in [0.25, 0.3) is 5.91 Å². The number of hydrazine groups is 1. The zero-order valence-corrected chi connectivity index (χ0v) is 15.1. The lowest BCUT2D eigenvalue weighted by atomic mass is 10.1. The summed E-state index contributed by atoms with van der Waals surface area (Å²) in [6.45, 7) is 1.65. The van der Waals surface area contributed by atoms with E-state index in [-0.39, 0.29) is 23.6 Å². The molecule has 2 heterocycles. The number of hydrogen-bond donors (Lipinski definition) is 3. The Labute approximate surface area is 160 Å². The summed E-state index contributed by atoms with van der Waals surface area (Å²) in [5, 5.41) is 5.88. The predicted molar refractivity (Wildman–Crippen MR) is 105 cm³/mol. The maximum atomic E-state index is 14.5. The van der Waals surface area contributed by atoms with E-state index >= 15 is 0 Å². The molecule has 0 spiro atoms. The number of hydrogen-bond acceptors (Lipinski definition) is 7. The molecule has 1 aromatic carbocycles. The molecular weight excluding hydrogens is 363 g/mol. The molecule has 8 nitrogen and oxygen atoms in total. The molecule has 5 N–H and O–H groups in total. The van der Waals surface area contributed by atoms with E-state index in [1.165, 1.54) is 0 Å². The molecule has 0 bridgehead atoms. The highest BCUT2D eigenvalue weighted by Gasteiger charge is 2.21. The first kappa shape index (κ1) is 19.2. The van der Waals surface area contributed by atoms with Gasteiger partial charge in [-0.2, -0.15) is 0 Å². The molecule has 9 heteroatoms. The van der Waals surface area contributed by atoms with Crippen molar-refractivity contribution >= 4 is 40.3 Å². The van der Waals surface area contributed by atoms with E-state index in [1.54, 1.807) is 25.4 Å². The first-order valence-corrected chi connectivity index (χ1v) is 8.49. The Kier molecular flexibility index (Phi) is 5.46. The molecule has 144 valence electrons. The average molecular weight is 382 g/mol. The molecule has 0 radical (unpaired) electrons. The van der Waals surface area contributed by atoms with Crippen molar-refractivity contribution in [3.8, 4) is 0 Å². The monoisotopic (exact) mass is 382 g/mol. The van der Waals surface area contributed by atoms with Gasteiger partial charge in [0.1, 0.15) is 12.1 Å². The molecule has 1 atom stereocenters. The molecule has 0 unspecified atom stereocenters. The van der Waals surface area contributed by atoms with E-state index < -0.39 is 17.8 Å². The lowest BCUT2D eigenvalue weighted by Crippen LogP contribution is -2.41. The van der Waals surface area contributed by atoms with Crippen LogP contribution in [0.15, 0.2) is 42.7 Å². The van der Waals surface area contributed by atoms with Gasteiger partial charge in [0.15, 0.2) is 11.6 Å². The Hall–Kier alpha value is -3.59. The van der Waals surface area contributed by atoms with Crippen molar-refractivity contribution in [2.24, 2.45) is 11.6 Å². The van der Waals surface area contributed by atoms with Crippen LogP contribution in [-0.4, -0.2) is 28.2 Å². The van der Waals surface area contributed by atoms with Crippen LogP contribution >= 0.6 is 0 Å². The summed E-state index contributed by atoms with van der Waals surface area (Å²) >= 11 is 0. The van der Waals surface area contributed by atoms with Gasteiger partial charge in [-0.15, -0.1) is 0 Å². The van der Waals surface area contributed by atoms with Crippen LogP contribution in [0.2, 0.25) is 0 Å². The van der Waals surface area contributed by atoms with Crippen molar-refractivity contribution < 1.29 is 14.0 Å². The summed E-state index contributed by atoms with van der Waals surface area (Å²) in [6, 6.07) is 7.82. The zero-order valence-electron chi connectivity index (χ0n) is 15.1. The predicted octanol–water partition coefficient (Wildman–Crippen LogP) is 2.27. The van der Waals surface area contributed by atoms with Crippen molar-refractivity contribution in [2.75, 3.05) is 10.3 Å². The molecule has 3 rings (SSSR count). The maximum Gasteiger partial charge on any atom is 0.252 e. The number of benzene rings is 1. The van der Waals surface area contributed by atoms with Crippen LogP contribution in [0.4, 0.5) is 21.7 Å². The molecule has 0 fully saturated rings. The Balaban J connectivity index is 2.02. The first-order chi connectivity index (χ1) is 13.4. The highest BCUT2D eigenvalue weighted by Crippen LogP contribution is 2.27. The van der Waals surface area contributed by atoms with E-state index in [0.717, 1.165) is 21.8 Å². The lowest BCUT2D eigenvalue weighted by Gasteiger charge is -2.25. The number of nitrogens with one attached hydrogen (secondary N) is 1. The van der Waals surface area contributed by atoms with Crippen LogP contribution in [0.1, 0.15) is 23.7 Å². The summed E-state index contributed by atoms with van der Waals surface area (Å²) in [5.41, 5.74) is 5.86. The van der Waals surface area contributed by atoms with Crippen LogP contribution in [0.5, 0.6) is 0 Å². The van der Waals surface area contributed by atoms with Gasteiger partial charge < -0.3 is 15.8 Å². The van der Waals surface area contributed by atoms with E-state index in [4.69, 9.17) is 11.6 Å². The number of pyridine rings is 2. The number of anilines is 3. The van der Waals surface area contributed by atoms with Gasteiger partial charge >= 0.3 is 0 Å². The fourth-order valence-corrected chi connectivity index (χ4v) is 2.70. The summed E-state index contributed by atoms with van der Waals surface area (Å²) in [5.74, 6) is 4.10. The normalized spacial score (nSPS) is 11.8. The van der Waals surface area contributed by atoms with Crippen molar-refractivity contribution in [1.82, 2.24) is 9.97 Å². The van der Waals surface area contributed by atoms with Gasteiger partial charge in [-0.25, -0.2) is 15.2 Å². The Morgan fingerprint density at radius 2 is 2.11 bits per heavy atom. The van der Waals surface area contributed by atoms with E-state index in [1.807, 2.05) is 18.2 Å². The van der Waals surface area contributed by atoms with Gasteiger partial charge in [0.05, 0.1) is 11.6 Å². The zero-order chi connectivity index (χ0) is 20.3. The quantitative estimate of drug-likeness (QED) is 0.325. The lowest BCUT2D eigenvalue weighted by molar-refractivity contribution is -0.108. The fraction of sp³-hybridized carbons (Fsp3) is 0.158. The molecule has 0 aliphatic heterocycles. The topological polar surface area (TPSA) is 127 Å². The van der Waals surface area contributed by atoms with Crippen LogP contribution in [0.3, 0.4) is 0 Å². The molecule has 1 amide bonds. The number of fused-ring (bicyclic) bond motifs is 1. The van der Waals surface area contributed by atoms with Crippen LogP contribution < -0.4 is 21.9 Å². The number of rotatable bonds is 7. The maximum absolute atomic E-state index is 14.5. The van der Waals surface area contributed by atoms with E-state index in [9.17, 15) is 14.0 Å². The highest BCUT2D eigenvalue weighted by molar-refractivity contribution is 5.99. The summed E-state index contributed by atoms with van der Waals surface area (Å²) < 4.78 is 14.5. The van der Waals surface area contributed by atoms with Crippen molar-refractivity contribution in [1.29, 1.82) is 0 Å². The molecule has 0 aliphatic rings. The summed E-state index contributed by atoms with van der Waals surface area (Å²) in [6.07, 6.45) is 4.16. The molecule has 3 aromatic rings. The van der Waals surface area contributed by atoms with Crippen LogP contribution in [-0.2, 0) is 4.79 Å². The van der Waals surface area contributed by atoms with Gasteiger partial charge in [0, 0.05) is 29.9 Å². The average Bonchev–Trinajstić information content (AvgIpc) is 2.68. The van der Waals surface area contributed by atoms with Crippen LogP contribution in [0, 0.1) is 5.82 Å². The third kappa shape index (κ3) is 3.89. The number of carbonyl (C=O) groups excluding carboxylic acids is 2. The smallest absolute Gasteiger partial charge is 0.252 e. The summed E-state index contributed by atoms with van der Waals surface area (Å²) in [4.78, 5) is 30.7. The van der Waals surface area contributed by atoms with Crippen molar-refractivity contribution in [2.45, 2.75) is 19.4 Å². The number of halogens is 1. The van der Waals surface area contributed by atoms with Gasteiger partial charge in [-0.1, -0.05) is 6.07 Å². The van der Waals surface area contributed by atoms with Crippen LogP contribution in [0.25, 0.3) is 10.8 Å². The standard InChI is InChI=1S/C19H19FN6O2/c1-11(5-7-27)26(22)19-16(20)9-15(17(21)28)18(25-19)24-14-3-2-12-4-6-23-10-13(12)8-14/h2-4,6-11H,5,22H2,1H3,(H2,21,28)(H,24,25)/t11-/m1/s1. The number of nitrogens with zero attached hydrogens (tertiary/aromatic N) is 3. The third-order valence-corrected chi connectivity index (χ3v) is 4.28. The Morgan fingerprint density at radius 3 is 2.82 bits per heavy atom. The number of nitrogens with two attached hydrogens (primary N) is 2. The first-order valence-electron chi connectivity index (χ1n) is 8.49. The number of carbonyl (C=O) groups is 2. The van der Waals surface area contributed by atoms with Crippen molar-refractivity contribution in [3.63, 3.8) is 0 Å². The molecule has 2 aromatic heterocycles. The molecule has 28 heavy (non-hydrogen) atoms. The van der Waals surface area contributed by atoms with Gasteiger partial charge in [0.2, 0.25) is 0 Å². The van der Waals surface area contributed by atoms with Gasteiger partial charge in [-0.05, 0) is 36.6 Å². The molecule has 0 saturated heterocycles. The molecular formula is C19H19FN6O2. The number of amides is 1. The van der Waals surface area contributed by atoms with Crippen molar-refractivity contribution in [3.05, 3.63) is 54.1 Å². The number of aromatic nitrogens is 2. The second kappa shape index (κ2) is 7.97. The van der Waals surface area contributed by atoms with E-state index in [0.29, 0.717) is 12.0 Å². The minimum Gasteiger partial charge on any atom is -0.365 e.